The van der Waals surface area contributed by atoms with Gasteiger partial charge in [0.15, 0.2) is 0 Å². The predicted octanol–water partition coefficient (Wildman–Crippen LogP) is 3.31. The summed E-state index contributed by atoms with van der Waals surface area (Å²) >= 11 is 0. The molecule has 1 heterocycles. The minimum absolute atomic E-state index is 0.183. The van der Waals surface area contributed by atoms with Gasteiger partial charge in [-0.25, -0.2) is 13.2 Å². The number of amides is 1. The van der Waals surface area contributed by atoms with E-state index in [4.69, 9.17) is 4.74 Å². The molecule has 7 heteroatoms. The van der Waals surface area contributed by atoms with E-state index in [1.165, 1.54) is 28.0 Å². The molecule has 2 atom stereocenters. The second-order valence-electron chi connectivity index (χ2n) is 6.70. The van der Waals surface area contributed by atoms with E-state index in [9.17, 15) is 18.0 Å². The van der Waals surface area contributed by atoms with Crippen LogP contribution in [0, 0.1) is 17.5 Å². The Morgan fingerprint density at radius 2 is 1.81 bits per heavy atom. The van der Waals surface area contributed by atoms with Crippen molar-refractivity contribution >= 4 is 5.91 Å². The van der Waals surface area contributed by atoms with Crippen LogP contribution in [0.2, 0.25) is 0 Å². The van der Waals surface area contributed by atoms with E-state index >= 15 is 0 Å². The Labute approximate surface area is 156 Å². The maximum absolute atomic E-state index is 14.3. The first kappa shape index (κ1) is 19.4. The standard InChI is InChI=1S/C20H21F3N2O2/c1-24(2)19(18-15(22)7-4-8-16(18)23)20(26)25-9-10-27-17(12-25)13-5-3-6-14(21)11-13/h3-8,11,17,19H,9-10,12H2,1-2H3/t17-,19+/m1/s1. The van der Waals surface area contributed by atoms with E-state index in [0.717, 1.165) is 12.1 Å². The van der Waals surface area contributed by atoms with Crippen LogP contribution in [0.3, 0.4) is 0 Å². The molecule has 0 aromatic heterocycles. The number of morpholine rings is 1. The zero-order chi connectivity index (χ0) is 19.6. The maximum Gasteiger partial charge on any atom is 0.244 e. The number of hydrogen-bond acceptors (Lipinski definition) is 3. The quantitative estimate of drug-likeness (QED) is 0.818. The molecule has 0 bridgehead atoms. The van der Waals surface area contributed by atoms with Crippen molar-refractivity contribution in [2.45, 2.75) is 12.1 Å². The summed E-state index contributed by atoms with van der Waals surface area (Å²) < 4.78 is 47.7. The molecule has 0 unspecified atom stereocenters. The minimum atomic E-state index is -1.10. The highest BCUT2D eigenvalue weighted by atomic mass is 19.1. The van der Waals surface area contributed by atoms with E-state index in [1.807, 2.05) is 0 Å². The Bertz CT molecular complexity index is 808. The number of rotatable bonds is 4. The number of carbonyl (C=O) groups excluding carboxylic acids is 1. The number of hydrogen-bond donors (Lipinski definition) is 0. The highest BCUT2D eigenvalue weighted by molar-refractivity contribution is 5.83. The van der Waals surface area contributed by atoms with Crippen LogP contribution in [0.1, 0.15) is 23.3 Å². The van der Waals surface area contributed by atoms with Gasteiger partial charge in [0.1, 0.15) is 29.6 Å². The normalized spacial score (nSPS) is 18.6. The maximum atomic E-state index is 14.3. The summed E-state index contributed by atoms with van der Waals surface area (Å²) in [6, 6.07) is 8.43. The van der Waals surface area contributed by atoms with Gasteiger partial charge >= 0.3 is 0 Å². The molecular weight excluding hydrogens is 357 g/mol. The fourth-order valence-corrected chi connectivity index (χ4v) is 3.31. The van der Waals surface area contributed by atoms with Gasteiger partial charge in [-0.15, -0.1) is 0 Å². The first-order chi connectivity index (χ1) is 12.9. The van der Waals surface area contributed by atoms with E-state index < -0.39 is 29.7 Å². The van der Waals surface area contributed by atoms with Crippen LogP contribution in [-0.2, 0) is 9.53 Å². The van der Waals surface area contributed by atoms with E-state index in [-0.39, 0.29) is 24.5 Å². The molecule has 27 heavy (non-hydrogen) atoms. The monoisotopic (exact) mass is 378 g/mol. The second-order valence-corrected chi connectivity index (χ2v) is 6.70. The molecule has 4 nitrogen and oxygen atoms in total. The van der Waals surface area contributed by atoms with Gasteiger partial charge < -0.3 is 9.64 Å². The van der Waals surface area contributed by atoms with Gasteiger partial charge in [-0.2, -0.15) is 0 Å². The third kappa shape index (κ3) is 4.14. The molecule has 1 aliphatic rings. The first-order valence-corrected chi connectivity index (χ1v) is 8.64. The molecule has 0 spiro atoms. The van der Waals surface area contributed by atoms with Crippen molar-refractivity contribution in [1.29, 1.82) is 0 Å². The number of carbonyl (C=O) groups is 1. The molecule has 0 N–H and O–H groups in total. The number of benzene rings is 2. The molecule has 2 aromatic rings. The first-order valence-electron chi connectivity index (χ1n) is 8.64. The predicted molar refractivity (Wildman–Crippen MR) is 94.5 cm³/mol. The number of likely N-dealkylation sites (N-methyl/N-ethyl adjacent to an activating group) is 1. The molecule has 0 aliphatic carbocycles. The van der Waals surface area contributed by atoms with Gasteiger partial charge in [0, 0.05) is 6.54 Å². The summed E-state index contributed by atoms with van der Waals surface area (Å²) in [7, 11) is 3.19. The molecule has 1 amide bonds. The summed E-state index contributed by atoms with van der Waals surface area (Å²) in [4.78, 5) is 16.1. The Kier molecular flexibility index (Phi) is 5.82. The van der Waals surface area contributed by atoms with Crippen molar-refractivity contribution in [1.82, 2.24) is 9.80 Å². The molecule has 0 saturated carbocycles. The molecule has 1 fully saturated rings. The molecule has 2 aromatic carbocycles. The van der Waals surface area contributed by atoms with E-state index in [1.54, 1.807) is 26.2 Å². The minimum Gasteiger partial charge on any atom is -0.370 e. The lowest BCUT2D eigenvalue weighted by Crippen LogP contribution is -2.47. The van der Waals surface area contributed by atoms with Gasteiger partial charge in [-0.05, 0) is 43.9 Å². The van der Waals surface area contributed by atoms with Crippen LogP contribution in [-0.4, -0.2) is 49.5 Å². The molecule has 1 saturated heterocycles. The zero-order valence-electron chi connectivity index (χ0n) is 15.2. The van der Waals surface area contributed by atoms with Gasteiger partial charge in [0.25, 0.3) is 0 Å². The summed E-state index contributed by atoms with van der Waals surface area (Å²) in [5.74, 6) is -2.35. The average Bonchev–Trinajstić information content (AvgIpc) is 2.64. The topological polar surface area (TPSA) is 32.8 Å². The molecule has 144 valence electrons. The van der Waals surface area contributed by atoms with Gasteiger partial charge in [-0.3, -0.25) is 9.69 Å². The van der Waals surface area contributed by atoms with Crippen molar-refractivity contribution in [3.05, 3.63) is 71.0 Å². The van der Waals surface area contributed by atoms with Crippen LogP contribution in [0.4, 0.5) is 13.2 Å². The van der Waals surface area contributed by atoms with Crippen LogP contribution in [0.25, 0.3) is 0 Å². The second kappa shape index (κ2) is 8.10. The van der Waals surface area contributed by atoms with Crippen LogP contribution in [0.5, 0.6) is 0 Å². The van der Waals surface area contributed by atoms with Crippen LogP contribution < -0.4 is 0 Å². The van der Waals surface area contributed by atoms with Crippen molar-refractivity contribution < 1.29 is 22.7 Å². The third-order valence-electron chi connectivity index (χ3n) is 4.62. The van der Waals surface area contributed by atoms with Gasteiger partial charge in [0.05, 0.1) is 18.7 Å². The number of nitrogens with zero attached hydrogens (tertiary/aromatic N) is 2. The Hall–Kier alpha value is -2.38. The highest BCUT2D eigenvalue weighted by Gasteiger charge is 2.35. The molecule has 1 aliphatic heterocycles. The van der Waals surface area contributed by atoms with Gasteiger partial charge in [0.2, 0.25) is 5.91 Å². The Morgan fingerprint density at radius 3 is 2.44 bits per heavy atom. The lowest BCUT2D eigenvalue weighted by Gasteiger charge is -2.37. The van der Waals surface area contributed by atoms with Crippen LogP contribution >= 0.6 is 0 Å². The SMILES string of the molecule is CN(C)[C@H](C(=O)N1CCO[C@@H](c2cccc(F)c2)C1)c1c(F)cccc1F. The lowest BCUT2D eigenvalue weighted by molar-refractivity contribution is -0.144. The third-order valence-corrected chi connectivity index (χ3v) is 4.62. The van der Waals surface area contributed by atoms with Crippen molar-refractivity contribution in [2.24, 2.45) is 0 Å². The summed E-state index contributed by atoms with van der Waals surface area (Å²) in [6.07, 6.45) is -0.494. The van der Waals surface area contributed by atoms with Crippen molar-refractivity contribution in [2.75, 3.05) is 33.8 Å². The zero-order valence-corrected chi connectivity index (χ0v) is 15.2. The van der Waals surface area contributed by atoms with Gasteiger partial charge in [-0.1, -0.05) is 18.2 Å². The fourth-order valence-electron chi connectivity index (χ4n) is 3.31. The Balaban J connectivity index is 1.86. The largest absolute Gasteiger partial charge is 0.370 e. The van der Waals surface area contributed by atoms with E-state index in [0.29, 0.717) is 12.1 Å². The molecular formula is C20H21F3N2O2. The Morgan fingerprint density at radius 1 is 1.15 bits per heavy atom. The summed E-state index contributed by atoms with van der Waals surface area (Å²) in [5.41, 5.74) is 0.340. The van der Waals surface area contributed by atoms with E-state index in [2.05, 4.69) is 0 Å². The van der Waals surface area contributed by atoms with Crippen LogP contribution in [0.15, 0.2) is 42.5 Å². The summed E-state index contributed by atoms with van der Waals surface area (Å²) in [5, 5.41) is 0. The molecule has 3 rings (SSSR count). The average molecular weight is 378 g/mol. The fraction of sp³-hybridized carbons (Fsp3) is 0.350. The lowest BCUT2D eigenvalue weighted by atomic mass is 10.0. The van der Waals surface area contributed by atoms with Crippen molar-refractivity contribution in [3.63, 3.8) is 0 Å². The molecule has 0 radical (unpaired) electrons. The smallest absolute Gasteiger partial charge is 0.244 e. The number of ether oxygens (including phenoxy) is 1. The summed E-state index contributed by atoms with van der Waals surface area (Å²) in [6.45, 7) is 0.737. The highest BCUT2D eigenvalue weighted by Crippen LogP contribution is 2.29. The van der Waals surface area contributed by atoms with Crippen molar-refractivity contribution in [3.8, 4) is 0 Å². The number of halogens is 3.